The Morgan fingerprint density at radius 1 is 1.24 bits per heavy atom. The van der Waals surface area contributed by atoms with Crippen molar-refractivity contribution >= 4 is 23.5 Å². The maximum absolute atomic E-state index is 13.3. The highest BCUT2D eigenvalue weighted by molar-refractivity contribution is 6.01. The zero-order valence-corrected chi connectivity index (χ0v) is 13.1. The van der Waals surface area contributed by atoms with E-state index in [1.165, 1.54) is 30.3 Å². The van der Waals surface area contributed by atoms with Gasteiger partial charge in [-0.2, -0.15) is 0 Å². The number of hydrogen-bond acceptors (Lipinski definition) is 3. The first kappa shape index (κ1) is 16.6. The van der Waals surface area contributed by atoms with Crippen LogP contribution in [0.15, 0.2) is 42.5 Å². The highest BCUT2D eigenvalue weighted by Gasteiger charge is 2.30. The van der Waals surface area contributed by atoms with E-state index in [1.54, 1.807) is 12.1 Å². The van der Waals surface area contributed by atoms with E-state index in [2.05, 4.69) is 10.6 Å². The first-order chi connectivity index (χ1) is 11.9. The highest BCUT2D eigenvalue weighted by atomic mass is 19.1. The summed E-state index contributed by atoms with van der Waals surface area (Å²) in [5.41, 5.74) is 1.61. The van der Waals surface area contributed by atoms with Crippen LogP contribution < -0.4 is 10.6 Å². The van der Waals surface area contributed by atoms with Crippen molar-refractivity contribution in [2.75, 3.05) is 5.32 Å². The number of nitrogens with one attached hydrogen (secondary N) is 2. The average molecular weight is 342 g/mol. The van der Waals surface area contributed by atoms with Crippen LogP contribution in [0.5, 0.6) is 0 Å². The molecule has 128 valence electrons. The van der Waals surface area contributed by atoms with Crippen LogP contribution in [0.25, 0.3) is 0 Å². The van der Waals surface area contributed by atoms with Crippen molar-refractivity contribution in [3.63, 3.8) is 0 Å². The van der Waals surface area contributed by atoms with Crippen molar-refractivity contribution in [1.82, 2.24) is 5.32 Å². The molecule has 3 rings (SSSR count). The van der Waals surface area contributed by atoms with E-state index in [1.807, 2.05) is 0 Å². The third kappa shape index (κ3) is 3.65. The molecule has 0 saturated carbocycles. The number of aromatic carboxylic acids is 1. The van der Waals surface area contributed by atoms with Crippen molar-refractivity contribution in [2.45, 2.75) is 18.9 Å². The van der Waals surface area contributed by atoms with Gasteiger partial charge in [0.25, 0.3) is 0 Å². The van der Waals surface area contributed by atoms with Gasteiger partial charge in [0.1, 0.15) is 5.82 Å². The number of carbonyl (C=O) groups excluding carboxylic acids is 2. The number of amides is 2. The molecule has 2 aromatic carbocycles. The Morgan fingerprint density at radius 3 is 2.80 bits per heavy atom. The van der Waals surface area contributed by atoms with E-state index >= 15 is 0 Å². The largest absolute Gasteiger partial charge is 0.478 e. The van der Waals surface area contributed by atoms with Crippen LogP contribution in [-0.2, 0) is 16.1 Å². The van der Waals surface area contributed by atoms with Crippen molar-refractivity contribution in [3.8, 4) is 0 Å². The van der Waals surface area contributed by atoms with Gasteiger partial charge in [-0.25, -0.2) is 9.18 Å². The van der Waals surface area contributed by atoms with Gasteiger partial charge < -0.3 is 15.7 Å². The van der Waals surface area contributed by atoms with Gasteiger partial charge in [-0.05, 0) is 35.4 Å². The summed E-state index contributed by atoms with van der Waals surface area (Å²) < 4.78 is 13.3. The number of fused-ring (bicyclic) bond motifs is 1. The van der Waals surface area contributed by atoms with Crippen LogP contribution in [-0.4, -0.2) is 22.9 Å². The fourth-order valence-electron chi connectivity index (χ4n) is 2.80. The minimum Gasteiger partial charge on any atom is -0.478 e. The Kier molecular flexibility index (Phi) is 4.47. The molecular formula is C18H15FN2O4. The van der Waals surface area contributed by atoms with Gasteiger partial charge in [-0.3, -0.25) is 9.59 Å². The molecule has 0 aliphatic carbocycles. The molecule has 1 atom stereocenters. The topological polar surface area (TPSA) is 95.5 Å². The van der Waals surface area contributed by atoms with E-state index in [4.69, 9.17) is 5.11 Å². The second-order valence-corrected chi connectivity index (χ2v) is 5.76. The SMILES string of the molecule is O=C1C[C@@H](C(=O)NCc2cccc(C(=O)O)c2)c2ccc(F)cc2N1. The first-order valence-electron chi connectivity index (χ1n) is 7.63. The second-order valence-electron chi connectivity index (χ2n) is 5.76. The molecule has 3 N–H and O–H groups in total. The van der Waals surface area contributed by atoms with Crippen LogP contribution in [0.2, 0.25) is 0 Å². The maximum atomic E-state index is 13.3. The van der Waals surface area contributed by atoms with Crippen LogP contribution in [0.3, 0.4) is 0 Å². The molecule has 0 spiro atoms. The van der Waals surface area contributed by atoms with Crippen molar-refractivity contribution in [2.24, 2.45) is 0 Å². The summed E-state index contributed by atoms with van der Waals surface area (Å²) in [6.45, 7) is 0.134. The molecular weight excluding hydrogens is 327 g/mol. The minimum absolute atomic E-state index is 0.0281. The molecule has 7 heteroatoms. The number of halogens is 1. The fraction of sp³-hybridized carbons (Fsp3) is 0.167. The third-order valence-corrected chi connectivity index (χ3v) is 4.01. The second kappa shape index (κ2) is 6.72. The van der Waals surface area contributed by atoms with Gasteiger partial charge in [0.2, 0.25) is 11.8 Å². The Morgan fingerprint density at radius 2 is 2.04 bits per heavy atom. The summed E-state index contributed by atoms with van der Waals surface area (Å²) in [6.07, 6.45) is -0.0281. The molecule has 0 unspecified atom stereocenters. The van der Waals surface area contributed by atoms with E-state index < -0.39 is 17.7 Å². The van der Waals surface area contributed by atoms with Gasteiger partial charge in [0.05, 0.1) is 11.5 Å². The lowest BCUT2D eigenvalue weighted by Gasteiger charge is -2.25. The molecule has 2 amide bonds. The number of hydrogen-bond donors (Lipinski definition) is 3. The summed E-state index contributed by atoms with van der Waals surface area (Å²) in [5.74, 6) is -2.99. The number of carboxylic acids is 1. The lowest BCUT2D eigenvalue weighted by Crippen LogP contribution is -2.34. The van der Waals surface area contributed by atoms with Crippen molar-refractivity contribution in [3.05, 3.63) is 65.0 Å². The van der Waals surface area contributed by atoms with Gasteiger partial charge in [-0.15, -0.1) is 0 Å². The standard InChI is InChI=1S/C18H15FN2O4/c19-12-4-5-13-14(8-16(22)21-15(13)7-12)17(23)20-9-10-2-1-3-11(6-10)18(24)25/h1-7,14H,8-9H2,(H,20,23)(H,21,22)(H,24,25)/t14-/m1/s1. The predicted molar refractivity (Wildman–Crippen MR) is 87.6 cm³/mol. The molecule has 0 aromatic heterocycles. The summed E-state index contributed by atoms with van der Waals surface area (Å²) in [7, 11) is 0. The van der Waals surface area contributed by atoms with E-state index in [0.29, 0.717) is 16.8 Å². The van der Waals surface area contributed by atoms with E-state index in [0.717, 1.165) is 0 Å². The maximum Gasteiger partial charge on any atom is 0.335 e. The molecule has 2 aromatic rings. The van der Waals surface area contributed by atoms with Gasteiger partial charge in [0.15, 0.2) is 0 Å². The zero-order chi connectivity index (χ0) is 18.0. The molecule has 6 nitrogen and oxygen atoms in total. The van der Waals surface area contributed by atoms with Gasteiger partial charge in [-0.1, -0.05) is 18.2 Å². The quantitative estimate of drug-likeness (QED) is 0.794. The Bertz CT molecular complexity index is 866. The molecule has 1 heterocycles. The Labute approximate surface area is 142 Å². The third-order valence-electron chi connectivity index (χ3n) is 4.01. The van der Waals surface area contributed by atoms with Crippen molar-refractivity contribution < 1.29 is 23.9 Å². The van der Waals surface area contributed by atoms with E-state index in [-0.39, 0.29) is 30.3 Å². The summed E-state index contributed by atoms with van der Waals surface area (Å²) >= 11 is 0. The molecule has 1 aliphatic heterocycles. The number of carboxylic acid groups (broad SMARTS) is 1. The molecule has 0 bridgehead atoms. The Balaban J connectivity index is 1.75. The molecule has 0 saturated heterocycles. The molecule has 25 heavy (non-hydrogen) atoms. The van der Waals surface area contributed by atoms with Crippen LogP contribution in [0.1, 0.15) is 33.8 Å². The number of anilines is 1. The van der Waals surface area contributed by atoms with E-state index in [9.17, 15) is 18.8 Å². The zero-order valence-electron chi connectivity index (χ0n) is 13.1. The van der Waals surface area contributed by atoms with Gasteiger partial charge in [0, 0.05) is 18.7 Å². The summed E-state index contributed by atoms with van der Waals surface area (Å²) in [4.78, 5) is 35.2. The van der Waals surface area contributed by atoms with Crippen LogP contribution >= 0.6 is 0 Å². The highest BCUT2D eigenvalue weighted by Crippen LogP contribution is 2.32. The van der Waals surface area contributed by atoms with Crippen molar-refractivity contribution in [1.29, 1.82) is 0 Å². The first-order valence-corrected chi connectivity index (χ1v) is 7.63. The average Bonchev–Trinajstić information content (AvgIpc) is 2.58. The van der Waals surface area contributed by atoms with Crippen LogP contribution in [0.4, 0.5) is 10.1 Å². The number of rotatable bonds is 4. The predicted octanol–water partition coefficient (Wildman–Crippen LogP) is 2.27. The van der Waals surface area contributed by atoms with Gasteiger partial charge >= 0.3 is 5.97 Å². The lowest BCUT2D eigenvalue weighted by atomic mass is 9.89. The molecule has 0 radical (unpaired) electrons. The Hall–Kier alpha value is -3.22. The molecule has 0 fully saturated rings. The minimum atomic E-state index is -1.05. The smallest absolute Gasteiger partial charge is 0.335 e. The summed E-state index contributed by atoms with van der Waals surface area (Å²) in [6, 6.07) is 10.1. The molecule has 1 aliphatic rings. The monoisotopic (exact) mass is 342 g/mol. The normalized spacial score (nSPS) is 15.9. The lowest BCUT2D eigenvalue weighted by molar-refractivity contribution is -0.126. The van der Waals surface area contributed by atoms with Crippen LogP contribution in [0, 0.1) is 5.82 Å². The summed E-state index contributed by atoms with van der Waals surface area (Å²) in [5, 5.41) is 14.2. The number of carbonyl (C=O) groups is 3. The number of benzene rings is 2. The fourth-order valence-corrected chi connectivity index (χ4v) is 2.80.